The van der Waals surface area contributed by atoms with Gasteiger partial charge in [-0.1, -0.05) is 51.3 Å². The number of amides is 1. The van der Waals surface area contributed by atoms with E-state index in [-0.39, 0.29) is 29.6 Å². The van der Waals surface area contributed by atoms with Gasteiger partial charge in [-0.05, 0) is 126 Å². The molecule has 1 aliphatic heterocycles. The summed E-state index contributed by atoms with van der Waals surface area (Å²) < 4.78 is 28.6. The van der Waals surface area contributed by atoms with Gasteiger partial charge in [0.05, 0.1) is 36.3 Å². The predicted molar refractivity (Wildman–Crippen MR) is 207 cm³/mol. The van der Waals surface area contributed by atoms with Crippen LogP contribution in [0.25, 0.3) is 0 Å². The van der Waals surface area contributed by atoms with Crippen molar-refractivity contribution < 1.29 is 23.6 Å². The van der Waals surface area contributed by atoms with Crippen LogP contribution in [0.1, 0.15) is 107 Å². The molecule has 1 aliphatic carbocycles. The highest BCUT2D eigenvalue weighted by atomic mass is 35.5. The molecule has 2 N–H and O–H groups in total. The normalized spacial score (nSPS) is 22.0. The highest BCUT2D eigenvalue weighted by Gasteiger charge is 2.35. The average molecular weight is 732 g/mol. The lowest BCUT2D eigenvalue weighted by Crippen LogP contribution is -2.48. The zero-order valence-electron chi connectivity index (χ0n) is 31.5. The molecule has 2 aromatic rings. The number of fused-ring (bicyclic) bond motifs is 1. The van der Waals surface area contributed by atoms with Gasteiger partial charge in [-0.15, -0.1) is 0 Å². The number of hydrogen-bond donors (Lipinski definition) is 2. The molecule has 0 aromatic heterocycles. The van der Waals surface area contributed by atoms with E-state index in [9.17, 15) is 14.1 Å². The van der Waals surface area contributed by atoms with E-state index in [1.54, 1.807) is 6.07 Å². The molecule has 280 valence electrons. The molecule has 2 aromatic carbocycles. The van der Waals surface area contributed by atoms with Gasteiger partial charge in [0.15, 0.2) is 0 Å². The molecule has 0 bridgehead atoms. The molecule has 7 atom stereocenters. The van der Waals surface area contributed by atoms with Crippen LogP contribution in [-0.2, 0) is 22.1 Å². The van der Waals surface area contributed by atoms with Crippen LogP contribution in [0.3, 0.4) is 0 Å². The second-order valence-electron chi connectivity index (χ2n) is 15.2. The molecule has 1 saturated carbocycles. The lowest BCUT2D eigenvalue weighted by molar-refractivity contribution is -0.0161. The van der Waals surface area contributed by atoms with Crippen LogP contribution < -0.4 is 14.4 Å². The Morgan fingerprint density at radius 3 is 2.58 bits per heavy atom. The maximum atomic E-state index is 13.5. The van der Waals surface area contributed by atoms with Gasteiger partial charge in [0.25, 0.3) is 5.91 Å². The van der Waals surface area contributed by atoms with Gasteiger partial charge in [0.2, 0.25) is 0 Å². The van der Waals surface area contributed by atoms with Crippen LogP contribution in [0.15, 0.2) is 36.4 Å². The predicted octanol–water partition coefficient (Wildman–Crippen LogP) is 7.63. The number of halogens is 1. The number of carbonyl (C=O) groups excluding carboxylic acids is 1. The Labute approximate surface area is 309 Å². The Kier molecular flexibility index (Phi) is 15.5. The van der Waals surface area contributed by atoms with Gasteiger partial charge in [-0.25, -0.2) is 4.21 Å². The quantitative estimate of drug-likeness (QED) is 0.144. The van der Waals surface area contributed by atoms with Crippen LogP contribution in [0.2, 0.25) is 5.02 Å². The number of carbonyl (C=O) groups is 1. The zero-order chi connectivity index (χ0) is 36.4. The molecule has 6 unspecified atom stereocenters. The van der Waals surface area contributed by atoms with Gasteiger partial charge in [0.1, 0.15) is 16.7 Å². The van der Waals surface area contributed by atoms with Crippen molar-refractivity contribution in [1.82, 2.24) is 9.62 Å². The standard InChI is InChI=1S/C40H62ClN3O5S/c1-8-10-12-31-21-35(41)16-17-36(31)34-24-44(23-33-14-13-30(33)19-20-48-27-40(5,26-45)43(6)7)37-22-32(15-18-38(37)49-25-34)39(46)42-50(47)29(4)28(3)11-9-2/h15-18,21-22,28-30,33-34,45H,8-14,19-20,23-27H2,1-7H3,(H,42,46)/t28?,29?,30?,33?,34?,40-,50?/m0/s1. The summed E-state index contributed by atoms with van der Waals surface area (Å²) in [5.41, 5.74) is 3.55. The number of aliphatic hydroxyl groups excluding tert-OH is 1. The summed E-state index contributed by atoms with van der Waals surface area (Å²) in [5, 5.41) is 10.5. The van der Waals surface area contributed by atoms with E-state index in [2.05, 4.69) is 42.5 Å². The number of nitrogens with zero attached hydrogens (tertiary/aromatic N) is 2. The summed E-state index contributed by atoms with van der Waals surface area (Å²) >= 11 is 6.49. The van der Waals surface area contributed by atoms with Crippen molar-refractivity contribution in [1.29, 1.82) is 0 Å². The second-order valence-corrected chi connectivity index (χ2v) is 17.2. The fourth-order valence-electron chi connectivity index (χ4n) is 7.08. The highest BCUT2D eigenvalue weighted by molar-refractivity contribution is 7.84. The van der Waals surface area contributed by atoms with Crippen molar-refractivity contribution in [3.8, 4) is 5.75 Å². The van der Waals surface area contributed by atoms with Gasteiger partial charge >= 0.3 is 0 Å². The Hall–Kier alpha value is -2.17. The summed E-state index contributed by atoms with van der Waals surface area (Å²) in [4.78, 5) is 17.9. The number of likely N-dealkylation sites (N-methyl/N-ethyl adjacent to an activating group) is 1. The zero-order valence-corrected chi connectivity index (χ0v) is 33.1. The molecule has 8 nitrogen and oxygen atoms in total. The Morgan fingerprint density at radius 2 is 1.92 bits per heavy atom. The van der Waals surface area contributed by atoms with Crippen LogP contribution in [0.5, 0.6) is 5.75 Å². The van der Waals surface area contributed by atoms with E-state index in [1.807, 2.05) is 51.0 Å². The van der Waals surface area contributed by atoms with E-state index >= 15 is 0 Å². The Bertz CT molecular complexity index is 1430. The smallest absolute Gasteiger partial charge is 0.263 e. The van der Waals surface area contributed by atoms with Gasteiger partial charge in [0, 0.05) is 36.2 Å². The summed E-state index contributed by atoms with van der Waals surface area (Å²) in [6.45, 7) is 13.7. The number of ether oxygens (including phenoxy) is 2. The second kappa shape index (κ2) is 19.1. The molecule has 2 aliphatic rings. The molecular formula is C40H62ClN3O5S. The lowest BCUT2D eigenvalue weighted by atomic mass is 9.71. The molecule has 1 amide bonds. The third kappa shape index (κ3) is 10.5. The first-order chi connectivity index (χ1) is 23.9. The van der Waals surface area contributed by atoms with E-state index < -0.39 is 16.5 Å². The molecule has 0 spiro atoms. The lowest BCUT2D eigenvalue weighted by Gasteiger charge is -2.41. The number of unbranched alkanes of at least 4 members (excludes halogenated alkanes) is 1. The first-order valence-corrected chi connectivity index (χ1v) is 20.4. The van der Waals surface area contributed by atoms with Gasteiger partial charge < -0.3 is 19.5 Å². The minimum atomic E-state index is -1.48. The summed E-state index contributed by atoms with van der Waals surface area (Å²) in [6.07, 6.45) is 8.45. The Morgan fingerprint density at radius 1 is 1.16 bits per heavy atom. The first kappa shape index (κ1) is 40.6. The third-order valence-electron chi connectivity index (χ3n) is 11.4. The minimum absolute atomic E-state index is 0.0460. The number of rotatable bonds is 19. The van der Waals surface area contributed by atoms with Crippen LogP contribution in [0, 0.1) is 17.8 Å². The number of anilines is 1. The molecule has 10 heteroatoms. The van der Waals surface area contributed by atoms with Crippen LogP contribution in [-0.4, -0.2) is 84.5 Å². The molecule has 4 rings (SSSR count). The van der Waals surface area contributed by atoms with Gasteiger partial charge in [-0.3, -0.25) is 14.4 Å². The van der Waals surface area contributed by atoms with Crippen molar-refractivity contribution in [3.05, 3.63) is 58.1 Å². The summed E-state index contributed by atoms with van der Waals surface area (Å²) in [6, 6.07) is 11.9. The van der Waals surface area contributed by atoms with Crippen molar-refractivity contribution in [2.24, 2.45) is 17.8 Å². The van der Waals surface area contributed by atoms with Crippen molar-refractivity contribution in [2.45, 2.75) is 103 Å². The number of aryl methyl sites for hydroxylation is 1. The monoisotopic (exact) mass is 731 g/mol. The molecule has 0 saturated heterocycles. The maximum Gasteiger partial charge on any atom is 0.263 e. The molecule has 1 heterocycles. The topological polar surface area (TPSA) is 91.3 Å². The largest absolute Gasteiger partial charge is 0.491 e. The average Bonchev–Trinajstić information content (AvgIpc) is 3.27. The van der Waals surface area contributed by atoms with Crippen molar-refractivity contribution >= 4 is 34.2 Å². The van der Waals surface area contributed by atoms with Crippen molar-refractivity contribution in [3.63, 3.8) is 0 Å². The molecule has 1 fully saturated rings. The number of hydrogen-bond acceptors (Lipinski definition) is 7. The van der Waals surface area contributed by atoms with Crippen LogP contribution in [0.4, 0.5) is 5.69 Å². The minimum Gasteiger partial charge on any atom is -0.491 e. The molecule has 50 heavy (non-hydrogen) atoms. The van der Waals surface area contributed by atoms with E-state index in [0.717, 1.165) is 74.5 Å². The van der Waals surface area contributed by atoms with Gasteiger partial charge in [-0.2, -0.15) is 0 Å². The number of aliphatic hydroxyl groups is 1. The summed E-state index contributed by atoms with van der Waals surface area (Å²) in [7, 11) is 2.46. The fraction of sp³-hybridized carbons (Fsp3) is 0.675. The van der Waals surface area contributed by atoms with E-state index in [4.69, 9.17) is 21.1 Å². The molecule has 0 radical (unpaired) electrons. The van der Waals surface area contributed by atoms with E-state index in [1.165, 1.54) is 17.5 Å². The third-order valence-corrected chi connectivity index (χ3v) is 13.1. The SMILES string of the molecule is CCCCc1cc(Cl)ccc1C1COc2ccc(C(=O)NS(=O)C(C)C(C)CCC)cc2N(CC2CCC2CCOC[C@](C)(CO)N(C)C)C1. The summed E-state index contributed by atoms with van der Waals surface area (Å²) in [5.74, 6) is 1.84. The maximum absolute atomic E-state index is 13.5. The Balaban J connectivity index is 1.56. The van der Waals surface area contributed by atoms with Crippen molar-refractivity contribution in [2.75, 3.05) is 58.5 Å². The number of nitrogens with one attached hydrogen (secondary N) is 1. The fourth-order valence-corrected chi connectivity index (χ4v) is 8.32. The number of benzene rings is 2. The molecular weight excluding hydrogens is 670 g/mol. The van der Waals surface area contributed by atoms with E-state index in [0.29, 0.717) is 37.2 Å². The van der Waals surface area contributed by atoms with Crippen LogP contribution >= 0.6 is 11.6 Å². The highest BCUT2D eigenvalue weighted by Crippen LogP contribution is 2.42. The first-order valence-electron chi connectivity index (χ1n) is 18.8.